The zero-order valence-electron chi connectivity index (χ0n) is 10.5. The molecule has 0 aliphatic carbocycles. The molecule has 4 heteroatoms. The molecule has 1 aromatic rings. The summed E-state index contributed by atoms with van der Waals surface area (Å²) in [5.41, 5.74) is 6.80. The average molecular weight is 235 g/mol. The van der Waals surface area contributed by atoms with Crippen molar-refractivity contribution in [3.63, 3.8) is 0 Å². The van der Waals surface area contributed by atoms with Gasteiger partial charge in [0.2, 0.25) is 5.91 Å². The summed E-state index contributed by atoms with van der Waals surface area (Å²) in [6, 6.07) is 5.35. The van der Waals surface area contributed by atoms with Crippen molar-refractivity contribution in [1.82, 2.24) is 10.3 Å². The van der Waals surface area contributed by atoms with Crippen LogP contribution in [0.15, 0.2) is 24.4 Å². The third-order valence-electron chi connectivity index (χ3n) is 2.97. The fraction of sp³-hybridized carbons (Fsp3) is 0.538. The minimum Gasteiger partial charge on any atom is -0.354 e. The number of hydrogen-bond acceptors (Lipinski definition) is 3. The van der Waals surface area contributed by atoms with Gasteiger partial charge in [-0.15, -0.1) is 0 Å². The molecule has 1 heterocycles. The second-order valence-corrected chi connectivity index (χ2v) is 4.27. The normalized spacial score (nSPS) is 14.1. The van der Waals surface area contributed by atoms with Crippen LogP contribution in [-0.2, 0) is 11.2 Å². The number of hydrogen-bond donors (Lipinski definition) is 2. The number of carbonyl (C=O) groups is 1. The largest absolute Gasteiger partial charge is 0.354 e. The summed E-state index contributed by atoms with van der Waals surface area (Å²) < 4.78 is 0. The number of rotatable bonds is 6. The van der Waals surface area contributed by atoms with Crippen LogP contribution in [0.4, 0.5) is 0 Å². The van der Waals surface area contributed by atoms with Crippen molar-refractivity contribution in [3.8, 4) is 0 Å². The summed E-state index contributed by atoms with van der Waals surface area (Å²) in [6.45, 7) is 4.61. The van der Waals surface area contributed by atoms with E-state index in [4.69, 9.17) is 5.73 Å². The molecule has 94 valence electrons. The van der Waals surface area contributed by atoms with Gasteiger partial charge in [-0.05, 0) is 18.1 Å². The fourth-order valence-electron chi connectivity index (χ4n) is 1.49. The molecule has 0 bridgehead atoms. The van der Waals surface area contributed by atoms with Gasteiger partial charge in [0.25, 0.3) is 0 Å². The zero-order valence-corrected chi connectivity index (χ0v) is 10.5. The van der Waals surface area contributed by atoms with Gasteiger partial charge in [-0.25, -0.2) is 0 Å². The maximum absolute atomic E-state index is 11.7. The SMILES string of the molecule is CCC(C)[C@H](N)C(=O)NCCc1ccccn1. The molecule has 0 saturated heterocycles. The van der Waals surface area contributed by atoms with Gasteiger partial charge in [0.15, 0.2) is 0 Å². The van der Waals surface area contributed by atoms with Crippen LogP contribution < -0.4 is 11.1 Å². The van der Waals surface area contributed by atoms with E-state index in [0.717, 1.165) is 18.5 Å². The molecule has 2 atom stereocenters. The van der Waals surface area contributed by atoms with E-state index >= 15 is 0 Å². The minimum atomic E-state index is -0.413. The summed E-state index contributed by atoms with van der Waals surface area (Å²) in [5, 5.41) is 2.84. The molecule has 17 heavy (non-hydrogen) atoms. The summed E-state index contributed by atoms with van der Waals surface area (Å²) in [7, 11) is 0. The number of nitrogens with zero attached hydrogens (tertiary/aromatic N) is 1. The molecule has 1 amide bonds. The maximum Gasteiger partial charge on any atom is 0.237 e. The number of pyridine rings is 1. The van der Waals surface area contributed by atoms with Crippen molar-refractivity contribution >= 4 is 5.91 Å². The molecule has 1 rings (SSSR count). The van der Waals surface area contributed by atoms with Crippen LogP contribution in [0.5, 0.6) is 0 Å². The van der Waals surface area contributed by atoms with Crippen molar-refractivity contribution < 1.29 is 4.79 Å². The van der Waals surface area contributed by atoms with E-state index in [1.54, 1.807) is 6.20 Å². The van der Waals surface area contributed by atoms with Crippen LogP contribution in [0.25, 0.3) is 0 Å². The summed E-state index contributed by atoms with van der Waals surface area (Å²) in [4.78, 5) is 15.9. The van der Waals surface area contributed by atoms with Crippen LogP contribution in [0.2, 0.25) is 0 Å². The lowest BCUT2D eigenvalue weighted by molar-refractivity contribution is -0.123. The van der Waals surface area contributed by atoms with Crippen molar-refractivity contribution in [3.05, 3.63) is 30.1 Å². The molecular formula is C13H21N3O. The lowest BCUT2D eigenvalue weighted by atomic mass is 9.99. The van der Waals surface area contributed by atoms with Gasteiger partial charge in [0.1, 0.15) is 0 Å². The highest BCUT2D eigenvalue weighted by Gasteiger charge is 2.18. The number of carbonyl (C=O) groups excluding carboxylic acids is 1. The highest BCUT2D eigenvalue weighted by atomic mass is 16.2. The topological polar surface area (TPSA) is 68.0 Å². The Morgan fingerprint density at radius 2 is 2.29 bits per heavy atom. The van der Waals surface area contributed by atoms with E-state index in [2.05, 4.69) is 10.3 Å². The van der Waals surface area contributed by atoms with E-state index in [1.807, 2.05) is 32.0 Å². The molecule has 0 aliphatic rings. The molecule has 0 radical (unpaired) electrons. The first-order chi connectivity index (χ1) is 8.15. The molecule has 0 aromatic carbocycles. The molecule has 1 aromatic heterocycles. The first kappa shape index (κ1) is 13.6. The number of amides is 1. The van der Waals surface area contributed by atoms with E-state index in [0.29, 0.717) is 6.54 Å². The Morgan fingerprint density at radius 1 is 1.53 bits per heavy atom. The molecule has 3 N–H and O–H groups in total. The third-order valence-corrected chi connectivity index (χ3v) is 2.97. The standard InChI is InChI=1S/C13H21N3O/c1-3-10(2)12(14)13(17)16-9-7-11-6-4-5-8-15-11/h4-6,8,10,12H,3,7,9,14H2,1-2H3,(H,16,17)/t10?,12-/m0/s1. The molecular weight excluding hydrogens is 214 g/mol. The molecule has 0 aliphatic heterocycles. The maximum atomic E-state index is 11.7. The van der Waals surface area contributed by atoms with Gasteiger partial charge in [-0.1, -0.05) is 26.3 Å². The van der Waals surface area contributed by atoms with Crippen LogP contribution in [0.3, 0.4) is 0 Å². The molecule has 0 spiro atoms. The lowest BCUT2D eigenvalue weighted by Crippen LogP contribution is -2.45. The highest BCUT2D eigenvalue weighted by molar-refractivity contribution is 5.81. The van der Waals surface area contributed by atoms with E-state index in [9.17, 15) is 4.79 Å². The fourth-order valence-corrected chi connectivity index (χ4v) is 1.49. The van der Waals surface area contributed by atoms with Gasteiger partial charge in [-0.2, -0.15) is 0 Å². The monoisotopic (exact) mass is 235 g/mol. The Morgan fingerprint density at radius 3 is 2.88 bits per heavy atom. The number of aromatic nitrogens is 1. The minimum absolute atomic E-state index is 0.0738. The van der Waals surface area contributed by atoms with E-state index in [1.165, 1.54) is 0 Å². The predicted molar refractivity (Wildman–Crippen MR) is 68.4 cm³/mol. The Bertz CT molecular complexity index is 340. The highest BCUT2D eigenvalue weighted by Crippen LogP contribution is 2.04. The van der Waals surface area contributed by atoms with Crippen molar-refractivity contribution in [2.75, 3.05) is 6.54 Å². The van der Waals surface area contributed by atoms with E-state index < -0.39 is 6.04 Å². The third kappa shape index (κ3) is 4.53. The zero-order chi connectivity index (χ0) is 12.7. The summed E-state index contributed by atoms with van der Waals surface area (Å²) >= 11 is 0. The first-order valence-electron chi connectivity index (χ1n) is 6.08. The van der Waals surface area contributed by atoms with Crippen molar-refractivity contribution in [1.29, 1.82) is 0 Å². The number of nitrogens with one attached hydrogen (secondary N) is 1. The average Bonchev–Trinajstić information content (AvgIpc) is 2.38. The Balaban J connectivity index is 2.29. The molecule has 4 nitrogen and oxygen atoms in total. The summed E-state index contributed by atoms with van der Waals surface area (Å²) in [6.07, 6.45) is 3.40. The van der Waals surface area contributed by atoms with Gasteiger partial charge < -0.3 is 11.1 Å². The molecule has 0 fully saturated rings. The van der Waals surface area contributed by atoms with Crippen LogP contribution in [-0.4, -0.2) is 23.5 Å². The Labute approximate surface area is 103 Å². The summed E-state index contributed by atoms with van der Waals surface area (Å²) in [5.74, 6) is 0.139. The van der Waals surface area contributed by atoms with Crippen molar-refractivity contribution in [2.45, 2.75) is 32.7 Å². The molecule has 0 saturated carbocycles. The lowest BCUT2D eigenvalue weighted by Gasteiger charge is -2.17. The van der Waals surface area contributed by atoms with Crippen LogP contribution >= 0.6 is 0 Å². The number of nitrogens with two attached hydrogens (primary N) is 1. The Hall–Kier alpha value is -1.42. The first-order valence-corrected chi connectivity index (χ1v) is 6.08. The van der Waals surface area contributed by atoms with Crippen LogP contribution in [0.1, 0.15) is 26.0 Å². The smallest absolute Gasteiger partial charge is 0.237 e. The van der Waals surface area contributed by atoms with Crippen molar-refractivity contribution in [2.24, 2.45) is 11.7 Å². The quantitative estimate of drug-likeness (QED) is 0.776. The van der Waals surface area contributed by atoms with Gasteiger partial charge >= 0.3 is 0 Å². The van der Waals surface area contributed by atoms with E-state index in [-0.39, 0.29) is 11.8 Å². The second kappa shape index (κ2) is 7.01. The Kier molecular flexibility index (Phi) is 5.63. The predicted octanol–water partition coefficient (Wildman–Crippen LogP) is 1.11. The molecule has 1 unspecified atom stereocenters. The van der Waals surface area contributed by atoms with Gasteiger partial charge in [-0.3, -0.25) is 9.78 Å². The second-order valence-electron chi connectivity index (χ2n) is 4.27. The van der Waals surface area contributed by atoms with Crippen LogP contribution in [0, 0.1) is 5.92 Å². The van der Waals surface area contributed by atoms with Gasteiger partial charge in [0, 0.05) is 24.9 Å². The van der Waals surface area contributed by atoms with Gasteiger partial charge in [0.05, 0.1) is 6.04 Å².